The van der Waals surface area contributed by atoms with E-state index in [2.05, 4.69) is 15.4 Å². The molecule has 0 saturated carbocycles. The topological polar surface area (TPSA) is 48.5 Å². The highest BCUT2D eigenvalue weighted by atomic mass is 35.5. The maximum atomic E-state index is 5.86. The summed E-state index contributed by atoms with van der Waals surface area (Å²) >= 11 is 5.86. The van der Waals surface area contributed by atoms with Crippen LogP contribution in [-0.4, -0.2) is 24.8 Å². The van der Waals surface area contributed by atoms with Crippen LogP contribution in [-0.2, 0) is 6.54 Å². The molecule has 2 heterocycles. The molecule has 1 aromatic carbocycles. The standard InChI is InChI=1S/C13H12ClN5/c1-10-6-15-18(7-10)8-12-9-19(17-16-12)13-4-2-11(14)3-5-13/h2-7,9H,8H2,1H3. The average Bonchev–Trinajstić information content (AvgIpc) is 3.00. The molecular formula is C13H12ClN5. The van der Waals surface area contributed by atoms with E-state index in [1.807, 2.05) is 54.5 Å². The lowest BCUT2D eigenvalue weighted by Gasteiger charge is -1.99. The average molecular weight is 274 g/mol. The van der Waals surface area contributed by atoms with Crippen molar-refractivity contribution in [3.63, 3.8) is 0 Å². The van der Waals surface area contributed by atoms with Gasteiger partial charge in [0.2, 0.25) is 0 Å². The highest BCUT2D eigenvalue weighted by Gasteiger charge is 2.04. The van der Waals surface area contributed by atoms with Gasteiger partial charge in [-0.15, -0.1) is 5.10 Å². The SMILES string of the molecule is Cc1cnn(Cc2cn(-c3ccc(Cl)cc3)nn2)c1. The van der Waals surface area contributed by atoms with Crippen molar-refractivity contribution in [3.8, 4) is 5.69 Å². The molecule has 0 spiro atoms. The molecule has 0 aliphatic carbocycles. The van der Waals surface area contributed by atoms with Crippen molar-refractivity contribution in [3.05, 3.63) is 59.1 Å². The number of aryl methyl sites for hydroxylation is 1. The van der Waals surface area contributed by atoms with Gasteiger partial charge in [0.25, 0.3) is 0 Å². The van der Waals surface area contributed by atoms with E-state index >= 15 is 0 Å². The number of halogens is 1. The van der Waals surface area contributed by atoms with E-state index in [1.165, 1.54) is 0 Å². The van der Waals surface area contributed by atoms with Gasteiger partial charge in [-0.2, -0.15) is 5.10 Å². The minimum atomic E-state index is 0.613. The lowest BCUT2D eigenvalue weighted by atomic mass is 10.3. The van der Waals surface area contributed by atoms with Gasteiger partial charge in [-0.05, 0) is 36.8 Å². The van der Waals surface area contributed by atoms with Crippen LogP contribution in [0.5, 0.6) is 0 Å². The number of benzene rings is 1. The number of hydrogen-bond acceptors (Lipinski definition) is 3. The van der Waals surface area contributed by atoms with Crippen LogP contribution in [0.1, 0.15) is 11.3 Å². The van der Waals surface area contributed by atoms with Crippen LogP contribution in [0.15, 0.2) is 42.9 Å². The van der Waals surface area contributed by atoms with Crippen molar-refractivity contribution in [2.75, 3.05) is 0 Å². The van der Waals surface area contributed by atoms with Crippen molar-refractivity contribution < 1.29 is 0 Å². The summed E-state index contributed by atoms with van der Waals surface area (Å²) in [6.07, 6.45) is 5.69. The van der Waals surface area contributed by atoms with Crippen molar-refractivity contribution >= 4 is 11.6 Å². The molecule has 0 amide bonds. The van der Waals surface area contributed by atoms with Crippen LogP contribution < -0.4 is 0 Å². The van der Waals surface area contributed by atoms with Gasteiger partial charge in [0, 0.05) is 11.2 Å². The van der Waals surface area contributed by atoms with Gasteiger partial charge >= 0.3 is 0 Å². The minimum absolute atomic E-state index is 0.613. The molecule has 0 aliphatic heterocycles. The van der Waals surface area contributed by atoms with Crippen LogP contribution >= 0.6 is 11.6 Å². The molecule has 0 radical (unpaired) electrons. The van der Waals surface area contributed by atoms with Crippen molar-refractivity contribution in [1.29, 1.82) is 0 Å². The third kappa shape index (κ3) is 2.66. The van der Waals surface area contributed by atoms with E-state index in [0.29, 0.717) is 11.6 Å². The zero-order chi connectivity index (χ0) is 13.2. The second-order valence-electron chi connectivity index (χ2n) is 4.35. The van der Waals surface area contributed by atoms with Gasteiger partial charge in [-0.3, -0.25) is 4.68 Å². The Labute approximate surface area is 115 Å². The summed E-state index contributed by atoms with van der Waals surface area (Å²) in [7, 11) is 0. The molecule has 3 aromatic rings. The van der Waals surface area contributed by atoms with Gasteiger partial charge < -0.3 is 0 Å². The number of nitrogens with zero attached hydrogens (tertiary/aromatic N) is 5. The van der Waals surface area contributed by atoms with Crippen LogP contribution in [0.25, 0.3) is 5.69 Å². The Morgan fingerprint density at radius 3 is 2.63 bits per heavy atom. The monoisotopic (exact) mass is 273 g/mol. The van der Waals surface area contributed by atoms with Crippen LogP contribution in [0.3, 0.4) is 0 Å². The second kappa shape index (κ2) is 4.85. The molecule has 5 nitrogen and oxygen atoms in total. The molecule has 6 heteroatoms. The first-order chi connectivity index (χ1) is 9.20. The smallest absolute Gasteiger partial charge is 0.105 e. The molecule has 0 fully saturated rings. The van der Waals surface area contributed by atoms with E-state index in [1.54, 1.807) is 4.68 Å². The fourth-order valence-electron chi connectivity index (χ4n) is 1.81. The summed E-state index contributed by atoms with van der Waals surface area (Å²) in [6.45, 7) is 2.62. The molecule has 0 unspecified atom stereocenters. The highest BCUT2D eigenvalue weighted by molar-refractivity contribution is 6.30. The maximum Gasteiger partial charge on any atom is 0.105 e. The first-order valence-electron chi connectivity index (χ1n) is 5.87. The third-order valence-corrected chi connectivity index (χ3v) is 2.97. The summed E-state index contributed by atoms with van der Waals surface area (Å²) in [5.74, 6) is 0. The zero-order valence-corrected chi connectivity index (χ0v) is 11.1. The van der Waals surface area contributed by atoms with Gasteiger partial charge in [-0.1, -0.05) is 16.8 Å². The van der Waals surface area contributed by atoms with E-state index in [-0.39, 0.29) is 0 Å². The summed E-state index contributed by atoms with van der Waals surface area (Å²) in [5, 5.41) is 13.2. The van der Waals surface area contributed by atoms with Crippen molar-refractivity contribution in [2.24, 2.45) is 0 Å². The molecular weight excluding hydrogens is 262 g/mol. The van der Waals surface area contributed by atoms with Gasteiger partial charge in [0.1, 0.15) is 5.69 Å². The highest BCUT2D eigenvalue weighted by Crippen LogP contribution is 2.12. The largest absolute Gasteiger partial charge is 0.266 e. The quantitative estimate of drug-likeness (QED) is 0.737. The van der Waals surface area contributed by atoms with Crippen LogP contribution in [0, 0.1) is 6.92 Å². The lowest BCUT2D eigenvalue weighted by molar-refractivity contribution is 0.669. The van der Waals surface area contributed by atoms with Crippen molar-refractivity contribution in [1.82, 2.24) is 24.8 Å². The minimum Gasteiger partial charge on any atom is -0.266 e. The summed E-state index contributed by atoms with van der Waals surface area (Å²) < 4.78 is 3.56. The van der Waals surface area contributed by atoms with Crippen LogP contribution in [0.2, 0.25) is 5.02 Å². The summed E-state index contributed by atoms with van der Waals surface area (Å²) in [6, 6.07) is 7.46. The Bertz CT molecular complexity index is 683. The molecule has 0 aliphatic rings. The summed E-state index contributed by atoms with van der Waals surface area (Å²) in [4.78, 5) is 0. The zero-order valence-electron chi connectivity index (χ0n) is 10.4. The van der Waals surface area contributed by atoms with E-state index in [4.69, 9.17) is 11.6 Å². The predicted octanol–water partition coefficient (Wildman–Crippen LogP) is 2.47. The normalized spacial score (nSPS) is 10.8. The van der Waals surface area contributed by atoms with E-state index < -0.39 is 0 Å². The Kier molecular flexibility index (Phi) is 3.05. The molecule has 0 bridgehead atoms. The number of aromatic nitrogens is 5. The molecule has 0 N–H and O–H groups in total. The Morgan fingerprint density at radius 1 is 1.16 bits per heavy atom. The fraction of sp³-hybridized carbons (Fsp3) is 0.154. The molecule has 96 valence electrons. The molecule has 19 heavy (non-hydrogen) atoms. The first-order valence-corrected chi connectivity index (χ1v) is 6.25. The molecule has 0 saturated heterocycles. The van der Waals surface area contributed by atoms with Gasteiger partial charge in [0.15, 0.2) is 0 Å². The number of hydrogen-bond donors (Lipinski definition) is 0. The summed E-state index contributed by atoms with van der Waals surface area (Å²) in [5.41, 5.74) is 2.92. The molecule has 0 atom stereocenters. The molecule has 3 rings (SSSR count). The lowest BCUT2D eigenvalue weighted by Crippen LogP contribution is -2.00. The predicted molar refractivity (Wildman–Crippen MR) is 72.4 cm³/mol. The Morgan fingerprint density at radius 2 is 1.95 bits per heavy atom. The van der Waals surface area contributed by atoms with Gasteiger partial charge in [-0.25, -0.2) is 4.68 Å². The second-order valence-corrected chi connectivity index (χ2v) is 4.78. The van der Waals surface area contributed by atoms with Gasteiger partial charge in [0.05, 0.1) is 24.6 Å². The molecule has 2 aromatic heterocycles. The van der Waals surface area contributed by atoms with E-state index in [9.17, 15) is 0 Å². The van der Waals surface area contributed by atoms with E-state index in [0.717, 1.165) is 16.9 Å². The first kappa shape index (κ1) is 11.9. The Hall–Kier alpha value is -2.14. The third-order valence-electron chi connectivity index (χ3n) is 2.72. The maximum absolute atomic E-state index is 5.86. The van der Waals surface area contributed by atoms with Crippen molar-refractivity contribution in [2.45, 2.75) is 13.5 Å². The fourth-order valence-corrected chi connectivity index (χ4v) is 1.94. The Balaban J connectivity index is 1.81. The number of rotatable bonds is 3. The van der Waals surface area contributed by atoms with Crippen LogP contribution in [0.4, 0.5) is 0 Å².